The number of hydrogen-bond donors (Lipinski definition) is 0. The standard InChI is InChI=1S/C13H11FN4/c1-2-18(11-5-3-10(14)4-6-11)13-12(9-15)16-7-8-17-13/h3-8H,2H2,1H3. The highest BCUT2D eigenvalue weighted by Crippen LogP contribution is 2.24. The maximum absolute atomic E-state index is 12.9. The first-order valence-corrected chi connectivity index (χ1v) is 5.50. The molecule has 0 radical (unpaired) electrons. The molecule has 90 valence electrons. The quantitative estimate of drug-likeness (QED) is 0.830. The van der Waals surface area contributed by atoms with Crippen molar-refractivity contribution in [2.24, 2.45) is 0 Å². The van der Waals surface area contributed by atoms with Crippen LogP contribution in [0.4, 0.5) is 15.9 Å². The molecule has 0 fully saturated rings. The van der Waals surface area contributed by atoms with Gasteiger partial charge in [0.2, 0.25) is 0 Å². The van der Waals surface area contributed by atoms with Gasteiger partial charge >= 0.3 is 0 Å². The van der Waals surface area contributed by atoms with Gasteiger partial charge in [-0.1, -0.05) is 0 Å². The highest BCUT2D eigenvalue weighted by atomic mass is 19.1. The van der Waals surface area contributed by atoms with E-state index in [1.807, 2.05) is 17.9 Å². The Labute approximate surface area is 104 Å². The van der Waals surface area contributed by atoms with Crippen LogP contribution in [0.25, 0.3) is 0 Å². The van der Waals surface area contributed by atoms with Crippen LogP contribution in [-0.4, -0.2) is 16.5 Å². The van der Waals surface area contributed by atoms with Crippen molar-refractivity contribution in [3.05, 3.63) is 48.2 Å². The van der Waals surface area contributed by atoms with E-state index in [0.29, 0.717) is 12.4 Å². The first kappa shape index (κ1) is 12.0. The van der Waals surface area contributed by atoms with Crippen molar-refractivity contribution in [2.75, 3.05) is 11.4 Å². The van der Waals surface area contributed by atoms with E-state index in [-0.39, 0.29) is 11.5 Å². The third-order valence-electron chi connectivity index (χ3n) is 2.50. The summed E-state index contributed by atoms with van der Waals surface area (Å²) in [7, 11) is 0. The van der Waals surface area contributed by atoms with E-state index < -0.39 is 0 Å². The zero-order valence-corrected chi connectivity index (χ0v) is 9.84. The van der Waals surface area contributed by atoms with Crippen molar-refractivity contribution >= 4 is 11.5 Å². The van der Waals surface area contributed by atoms with Crippen molar-refractivity contribution in [2.45, 2.75) is 6.92 Å². The fourth-order valence-corrected chi connectivity index (χ4v) is 1.68. The molecule has 0 saturated carbocycles. The summed E-state index contributed by atoms with van der Waals surface area (Å²) >= 11 is 0. The van der Waals surface area contributed by atoms with E-state index in [1.165, 1.54) is 24.5 Å². The predicted octanol–water partition coefficient (Wildman–Crippen LogP) is 2.65. The number of anilines is 2. The largest absolute Gasteiger partial charge is 0.324 e. The average Bonchev–Trinajstić information content (AvgIpc) is 2.42. The number of halogens is 1. The lowest BCUT2D eigenvalue weighted by Gasteiger charge is -2.22. The van der Waals surface area contributed by atoms with Crippen LogP contribution in [0.15, 0.2) is 36.7 Å². The molecule has 0 unspecified atom stereocenters. The zero-order chi connectivity index (χ0) is 13.0. The molecule has 2 rings (SSSR count). The molecule has 0 aliphatic heterocycles. The number of hydrogen-bond acceptors (Lipinski definition) is 4. The van der Waals surface area contributed by atoms with Gasteiger partial charge < -0.3 is 4.90 Å². The number of nitriles is 1. The molecule has 0 atom stereocenters. The Bertz CT molecular complexity index is 574. The van der Waals surface area contributed by atoms with Crippen LogP contribution in [0.2, 0.25) is 0 Å². The van der Waals surface area contributed by atoms with Crippen LogP contribution < -0.4 is 4.90 Å². The van der Waals surface area contributed by atoms with Gasteiger partial charge in [0.25, 0.3) is 0 Å². The number of benzene rings is 1. The second-order valence-corrected chi connectivity index (χ2v) is 3.56. The molecule has 4 nitrogen and oxygen atoms in total. The summed E-state index contributed by atoms with van der Waals surface area (Å²) in [6.07, 6.45) is 3.00. The monoisotopic (exact) mass is 242 g/mol. The molecule has 0 aliphatic rings. The van der Waals surface area contributed by atoms with Crippen molar-refractivity contribution < 1.29 is 4.39 Å². The van der Waals surface area contributed by atoms with Crippen LogP contribution >= 0.6 is 0 Å². The van der Waals surface area contributed by atoms with Crippen molar-refractivity contribution in [3.8, 4) is 6.07 Å². The minimum absolute atomic E-state index is 0.253. The molecule has 0 spiro atoms. The molecule has 2 aromatic rings. The van der Waals surface area contributed by atoms with Gasteiger partial charge in [0.05, 0.1) is 0 Å². The summed E-state index contributed by atoms with van der Waals surface area (Å²) in [4.78, 5) is 9.95. The van der Waals surface area contributed by atoms with Gasteiger partial charge in [-0.15, -0.1) is 0 Å². The van der Waals surface area contributed by atoms with E-state index >= 15 is 0 Å². The zero-order valence-electron chi connectivity index (χ0n) is 9.84. The van der Waals surface area contributed by atoms with Crippen molar-refractivity contribution in [1.29, 1.82) is 5.26 Å². The Morgan fingerprint density at radius 1 is 1.22 bits per heavy atom. The van der Waals surface area contributed by atoms with Crippen molar-refractivity contribution in [3.63, 3.8) is 0 Å². The van der Waals surface area contributed by atoms with Crippen LogP contribution in [0.5, 0.6) is 0 Å². The molecule has 1 aromatic carbocycles. The minimum atomic E-state index is -0.297. The summed E-state index contributed by atoms with van der Waals surface area (Å²) in [6.45, 7) is 2.54. The van der Waals surface area contributed by atoms with Gasteiger partial charge in [0, 0.05) is 24.6 Å². The summed E-state index contributed by atoms with van der Waals surface area (Å²) < 4.78 is 12.9. The highest BCUT2D eigenvalue weighted by Gasteiger charge is 2.13. The van der Waals surface area contributed by atoms with Crippen LogP contribution in [-0.2, 0) is 0 Å². The summed E-state index contributed by atoms with van der Waals surface area (Å²) in [6, 6.07) is 8.05. The lowest BCUT2D eigenvalue weighted by molar-refractivity contribution is 0.628. The van der Waals surface area contributed by atoms with E-state index in [9.17, 15) is 4.39 Å². The molecular weight excluding hydrogens is 231 g/mol. The maximum Gasteiger partial charge on any atom is 0.183 e. The second kappa shape index (κ2) is 5.23. The Morgan fingerprint density at radius 2 is 1.89 bits per heavy atom. The van der Waals surface area contributed by atoms with Gasteiger partial charge in [0.1, 0.15) is 11.9 Å². The molecule has 1 aromatic heterocycles. The smallest absolute Gasteiger partial charge is 0.183 e. The summed E-state index contributed by atoms with van der Waals surface area (Å²) in [5.74, 6) is 0.184. The molecule has 5 heteroatoms. The van der Waals surface area contributed by atoms with Crippen LogP contribution in [0, 0.1) is 17.1 Å². The highest BCUT2D eigenvalue weighted by molar-refractivity contribution is 5.63. The summed E-state index contributed by atoms with van der Waals surface area (Å²) in [5.41, 5.74) is 1.03. The molecule has 0 bridgehead atoms. The molecule has 18 heavy (non-hydrogen) atoms. The van der Waals surface area contributed by atoms with Gasteiger partial charge in [0.15, 0.2) is 11.5 Å². The van der Waals surface area contributed by atoms with Crippen molar-refractivity contribution in [1.82, 2.24) is 9.97 Å². The fraction of sp³-hybridized carbons (Fsp3) is 0.154. The van der Waals surface area contributed by atoms with Crippen LogP contribution in [0.1, 0.15) is 12.6 Å². The maximum atomic E-state index is 12.9. The van der Waals surface area contributed by atoms with Gasteiger partial charge in [-0.3, -0.25) is 0 Å². The lowest BCUT2D eigenvalue weighted by Crippen LogP contribution is -2.19. The number of nitrogens with zero attached hydrogens (tertiary/aromatic N) is 4. The normalized spacial score (nSPS) is 9.83. The SMILES string of the molecule is CCN(c1ccc(F)cc1)c1nccnc1C#N. The van der Waals surface area contributed by atoms with Gasteiger partial charge in [-0.2, -0.15) is 5.26 Å². The topological polar surface area (TPSA) is 52.8 Å². The first-order valence-electron chi connectivity index (χ1n) is 5.50. The van der Waals surface area contributed by atoms with Crippen LogP contribution in [0.3, 0.4) is 0 Å². The molecule has 0 N–H and O–H groups in total. The number of rotatable bonds is 3. The molecule has 0 saturated heterocycles. The Kier molecular flexibility index (Phi) is 3.49. The van der Waals surface area contributed by atoms with Gasteiger partial charge in [-0.25, -0.2) is 14.4 Å². The van der Waals surface area contributed by atoms with E-state index in [1.54, 1.807) is 12.1 Å². The molecule has 0 amide bonds. The summed E-state index contributed by atoms with van der Waals surface area (Å²) in [5, 5.41) is 9.01. The van der Waals surface area contributed by atoms with E-state index in [4.69, 9.17) is 5.26 Å². The fourth-order valence-electron chi connectivity index (χ4n) is 1.68. The Hall–Kier alpha value is -2.48. The molecule has 0 aliphatic carbocycles. The predicted molar refractivity (Wildman–Crippen MR) is 65.8 cm³/mol. The Balaban J connectivity index is 2.46. The van der Waals surface area contributed by atoms with Gasteiger partial charge in [-0.05, 0) is 31.2 Å². The first-order chi connectivity index (χ1) is 8.76. The Morgan fingerprint density at radius 3 is 2.50 bits per heavy atom. The average molecular weight is 242 g/mol. The number of aromatic nitrogens is 2. The second-order valence-electron chi connectivity index (χ2n) is 3.56. The third kappa shape index (κ3) is 2.28. The lowest BCUT2D eigenvalue weighted by atomic mass is 10.2. The third-order valence-corrected chi connectivity index (χ3v) is 2.50. The molecule has 1 heterocycles. The van der Waals surface area contributed by atoms with E-state index in [0.717, 1.165) is 5.69 Å². The van der Waals surface area contributed by atoms with E-state index in [2.05, 4.69) is 9.97 Å². The molecular formula is C13H11FN4. The minimum Gasteiger partial charge on any atom is -0.324 e.